The fourth-order valence-electron chi connectivity index (χ4n) is 2.52. The maximum atomic E-state index is 13.1. The summed E-state index contributed by atoms with van der Waals surface area (Å²) in [6.07, 6.45) is 3.69. The van der Waals surface area contributed by atoms with Gasteiger partial charge in [0.25, 0.3) is 0 Å². The molecule has 0 bridgehead atoms. The van der Waals surface area contributed by atoms with E-state index in [0.717, 1.165) is 24.3 Å². The van der Waals surface area contributed by atoms with Crippen molar-refractivity contribution in [2.45, 2.75) is 39.3 Å². The van der Waals surface area contributed by atoms with E-state index in [9.17, 15) is 4.39 Å². The quantitative estimate of drug-likeness (QED) is 0.858. The molecule has 2 heterocycles. The number of hydrogen-bond acceptors (Lipinski definition) is 3. The topological polar surface area (TPSA) is 42.2 Å². The van der Waals surface area contributed by atoms with Gasteiger partial charge in [0.05, 0.1) is 6.20 Å². The van der Waals surface area contributed by atoms with Gasteiger partial charge in [0, 0.05) is 24.7 Å². The van der Waals surface area contributed by atoms with Crippen molar-refractivity contribution in [1.29, 1.82) is 0 Å². The Bertz CT molecular complexity index is 394. The summed E-state index contributed by atoms with van der Waals surface area (Å²) in [6, 6.07) is 1.93. The Morgan fingerprint density at radius 2 is 2.29 bits per heavy atom. The van der Waals surface area contributed by atoms with Crippen LogP contribution in [0.3, 0.4) is 0 Å². The summed E-state index contributed by atoms with van der Waals surface area (Å²) < 4.78 is 13.1. The van der Waals surface area contributed by atoms with Crippen molar-refractivity contribution in [1.82, 2.24) is 4.98 Å². The molecule has 1 aromatic rings. The van der Waals surface area contributed by atoms with Gasteiger partial charge in [-0.1, -0.05) is 6.92 Å². The van der Waals surface area contributed by atoms with Crippen LogP contribution >= 0.6 is 0 Å². The van der Waals surface area contributed by atoms with Gasteiger partial charge in [-0.3, -0.25) is 0 Å². The van der Waals surface area contributed by atoms with Crippen molar-refractivity contribution in [3.63, 3.8) is 0 Å². The zero-order valence-electron chi connectivity index (χ0n) is 10.5. The summed E-state index contributed by atoms with van der Waals surface area (Å²) in [7, 11) is 0. The average Bonchev–Trinajstić information content (AvgIpc) is 2.33. The van der Waals surface area contributed by atoms with E-state index in [1.807, 2.05) is 0 Å². The number of pyridine rings is 1. The number of nitrogens with zero attached hydrogens (tertiary/aromatic N) is 2. The van der Waals surface area contributed by atoms with Crippen molar-refractivity contribution in [2.24, 2.45) is 11.7 Å². The number of halogens is 1. The Labute approximate surface area is 102 Å². The first kappa shape index (κ1) is 12.3. The van der Waals surface area contributed by atoms with Gasteiger partial charge in [-0.05, 0) is 31.7 Å². The zero-order chi connectivity index (χ0) is 12.4. The molecule has 2 unspecified atom stereocenters. The summed E-state index contributed by atoms with van der Waals surface area (Å²) in [5.74, 6) is 1.18. The van der Waals surface area contributed by atoms with Crippen LogP contribution in [0.1, 0.15) is 32.3 Å². The van der Waals surface area contributed by atoms with Gasteiger partial charge in [0.15, 0.2) is 0 Å². The van der Waals surface area contributed by atoms with Crippen LogP contribution in [0.5, 0.6) is 0 Å². The van der Waals surface area contributed by atoms with Crippen LogP contribution in [0.2, 0.25) is 0 Å². The van der Waals surface area contributed by atoms with Crippen LogP contribution in [0.15, 0.2) is 12.3 Å². The molecule has 2 N–H and O–H groups in total. The SMILES string of the molecule is CC1CCCN(c2ncc(F)cc2CN)C1C. The lowest BCUT2D eigenvalue weighted by molar-refractivity contribution is 0.361. The molecule has 2 atom stereocenters. The predicted molar refractivity (Wildman–Crippen MR) is 67.3 cm³/mol. The first-order chi connectivity index (χ1) is 8.13. The zero-order valence-corrected chi connectivity index (χ0v) is 10.5. The molecule has 2 rings (SSSR count). The van der Waals surface area contributed by atoms with Crippen LogP contribution in [-0.2, 0) is 6.54 Å². The highest BCUT2D eigenvalue weighted by molar-refractivity contribution is 5.48. The molecule has 1 aromatic heterocycles. The van der Waals surface area contributed by atoms with E-state index in [4.69, 9.17) is 5.73 Å². The summed E-state index contributed by atoms with van der Waals surface area (Å²) >= 11 is 0. The second-order valence-electron chi connectivity index (χ2n) is 4.89. The maximum Gasteiger partial charge on any atom is 0.141 e. The van der Waals surface area contributed by atoms with Gasteiger partial charge < -0.3 is 10.6 Å². The highest BCUT2D eigenvalue weighted by Gasteiger charge is 2.27. The first-order valence-electron chi connectivity index (χ1n) is 6.24. The lowest BCUT2D eigenvalue weighted by atomic mass is 9.92. The first-order valence-corrected chi connectivity index (χ1v) is 6.24. The summed E-state index contributed by atoms with van der Waals surface area (Å²) in [5.41, 5.74) is 6.47. The van der Waals surface area contributed by atoms with Crippen LogP contribution in [0, 0.1) is 11.7 Å². The molecule has 3 nitrogen and oxygen atoms in total. The third-order valence-electron chi connectivity index (χ3n) is 3.78. The van der Waals surface area contributed by atoms with Crippen molar-refractivity contribution >= 4 is 5.82 Å². The Balaban J connectivity index is 2.32. The predicted octanol–water partition coefficient (Wildman–Crippen LogP) is 2.30. The fraction of sp³-hybridized carbons (Fsp3) is 0.615. The lowest BCUT2D eigenvalue weighted by Crippen LogP contribution is -2.43. The van der Waals surface area contributed by atoms with Crippen molar-refractivity contribution < 1.29 is 4.39 Å². The van der Waals surface area contributed by atoms with Gasteiger partial charge in [-0.25, -0.2) is 9.37 Å². The van der Waals surface area contributed by atoms with E-state index in [1.54, 1.807) is 0 Å². The molecule has 94 valence electrons. The van der Waals surface area contributed by atoms with E-state index < -0.39 is 0 Å². The van der Waals surface area contributed by atoms with Crippen LogP contribution in [0.25, 0.3) is 0 Å². The van der Waals surface area contributed by atoms with E-state index >= 15 is 0 Å². The normalized spacial score (nSPS) is 25.1. The molecule has 0 aliphatic carbocycles. The molecular weight excluding hydrogens is 217 g/mol. The van der Waals surface area contributed by atoms with Gasteiger partial charge in [0.1, 0.15) is 11.6 Å². The monoisotopic (exact) mass is 237 g/mol. The molecule has 0 saturated carbocycles. The summed E-state index contributed by atoms with van der Waals surface area (Å²) in [5, 5.41) is 0. The van der Waals surface area contributed by atoms with Crippen molar-refractivity contribution in [3.8, 4) is 0 Å². The molecule has 0 radical (unpaired) electrons. The van der Waals surface area contributed by atoms with E-state index in [1.165, 1.54) is 18.7 Å². The Hall–Kier alpha value is -1.16. The minimum Gasteiger partial charge on any atom is -0.353 e. The summed E-state index contributed by atoms with van der Waals surface area (Å²) in [6.45, 7) is 5.77. The molecule has 0 spiro atoms. The number of nitrogens with two attached hydrogens (primary N) is 1. The van der Waals surface area contributed by atoms with Crippen LogP contribution in [0.4, 0.5) is 10.2 Å². The maximum absolute atomic E-state index is 13.1. The second kappa shape index (κ2) is 5.00. The van der Waals surface area contributed by atoms with E-state index in [-0.39, 0.29) is 5.82 Å². The van der Waals surface area contributed by atoms with Crippen molar-refractivity contribution in [2.75, 3.05) is 11.4 Å². The minimum atomic E-state index is -0.313. The molecule has 1 aliphatic rings. The molecule has 17 heavy (non-hydrogen) atoms. The number of aromatic nitrogens is 1. The van der Waals surface area contributed by atoms with Gasteiger partial charge in [0.2, 0.25) is 0 Å². The minimum absolute atomic E-state index is 0.313. The van der Waals surface area contributed by atoms with Crippen molar-refractivity contribution in [3.05, 3.63) is 23.6 Å². The second-order valence-corrected chi connectivity index (χ2v) is 4.89. The van der Waals surface area contributed by atoms with E-state index in [0.29, 0.717) is 18.5 Å². The molecule has 4 heteroatoms. The van der Waals surface area contributed by atoms with Crippen LogP contribution in [-0.4, -0.2) is 17.6 Å². The Morgan fingerprint density at radius 3 is 3.00 bits per heavy atom. The third kappa shape index (κ3) is 2.41. The van der Waals surface area contributed by atoms with E-state index in [2.05, 4.69) is 23.7 Å². The number of rotatable bonds is 2. The highest BCUT2D eigenvalue weighted by Crippen LogP contribution is 2.29. The smallest absolute Gasteiger partial charge is 0.141 e. The molecule has 1 aliphatic heterocycles. The standard InChI is InChI=1S/C13H20FN3/c1-9-4-3-5-17(10(9)2)13-11(7-15)6-12(14)8-16-13/h6,8-10H,3-5,7,15H2,1-2H3. The fourth-order valence-corrected chi connectivity index (χ4v) is 2.52. The number of anilines is 1. The molecule has 0 amide bonds. The number of hydrogen-bond donors (Lipinski definition) is 1. The lowest BCUT2D eigenvalue weighted by Gasteiger charge is -2.39. The summed E-state index contributed by atoms with van der Waals surface area (Å²) in [4.78, 5) is 6.49. The number of piperidine rings is 1. The van der Waals surface area contributed by atoms with Gasteiger partial charge >= 0.3 is 0 Å². The van der Waals surface area contributed by atoms with Gasteiger partial charge in [-0.15, -0.1) is 0 Å². The molecule has 1 fully saturated rings. The van der Waals surface area contributed by atoms with Crippen LogP contribution < -0.4 is 10.6 Å². The Morgan fingerprint density at radius 1 is 1.53 bits per heavy atom. The van der Waals surface area contributed by atoms with Gasteiger partial charge in [-0.2, -0.15) is 0 Å². The highest BCUT2D eigenvalue weighted by atomic mass is 19.1. The average molecular weight is 237 g/mol. The molecule has 0 aromatic carbocycles. The molecular formula is C13H20FN3. The Kier molecular flexibility index (Phi) is 3.62. The largest absolute Gasteiger partial charge is 0.353 e. The third-order valence-corrected chi connectivity index (χ3v) is 3.78. The molecule has 1 saturated heterocycles.